The average molecular weight is 297 g/mol. The molecule has 0 spiro atoms. The van der Waals surface area contributed by atoms with E-state index in [-0.39, 0.29) is 24.0 Å². The van der Waals surface area contributed by atoms with Crippen molar-refractivity contribution in [3.8, 4) is 0 Å². The Morgan fingerprint density at radius 1 is 1.52 bits per heavy atom. The lowest BCUT2D eigenvalue weighted by molar-refractivity contribution is 0.0718. The summed E-state index contributed by atoms with van der Waals surface area (Å²) in [5, 5.41) is 12.7. The number of aromatic nitrogens is 1. The number of hydrogen-bond acceptors (Lipinski definition) is 5. The molecule has 1 aliphatic heterocycles. The second-order valence-corrected chi connectivity index (χ2v) is 6.32. The summed E-state index contributed by atoms with van der Waals surface area (Å²) < 4.78 is 20.0. The molecule has 0 saturated carbocycles. The molecule has 6 heteroatoms. The van der Waals surface area contributed by atoms with E-state index in [9.17, 15) is 9.50 Å². The standard InChI is InChI=1S/C15H24FN3O2/c1-15(2,3)18-8-11-4-5-17-14(13(11)16)19-6-7-21-10-12(19)9-20/h4-5,12,18,20H,6-10H2,1-3H3. The third-order valence-electron chi connectivity index (χ3n) is 3.47. The van der Waals surface area contributed by atoms with Crippen LogP contribution in [0.2, 0.25) is 0 Å². The number of rotatable bonds is 4. The van der Waals surface area contributed by atoms with Gasteiger partial charge in [0, 0.05) is 30.4 Å². The Hall–Kier alpha value is -1.24. The van der Waals surface area contributed by atoms with Gasteiger partial charge in [-0.15, -0.1) is 0 Å². The predicted octanol–water partition coefficient (Wildman–Crippen LogP) is 1.31. The van der Waals surface area contributed by atoms with Crippen molar-refractivity contribution in [3.05, 3.63) is 23.6 Å². The molecule has 21 heavy (non-hydrogen) atoms. The van der Waals surface area contributed by atoms with E-state index in [2.05, 4.69) is 10.3 Å². The molecular weight excluding hydrogens is 273 g/mol. The average Bonchev–Trinajstić information content (AvgIpc) is 2.45. The van der Waals surface area contributed by atoms with Crippen LogP contribution in [0.1, 0.15) is 26.3 Å². The minimum Gasteiger partial charge on any atom is -0.394 e. The minimum atomic E-state index is -0.324. The van der Waals surface area contributed by atoms with Gasteiger partial charge in [-0.05, 0) is 26.8 Å². The molecule has 0 aromatic carbocycles. The molecule has 1 saturated heterocycles. The number of nitrogens with one attached hydrogen (secondary N) is 1. The second-order valence-electron chi connectivity index (χ2n) is 6.32. The third kappa shape index (κ3) is 4.12. The molecule has 2 heterocycles. The summed E-state index contributed by atoms with van der Waals surface area (Å²) in [6.45, 7) is 7.92. The fraction of sp³-hybridized carbons (Fsp3) is 0.667. The summed E-state index contributed by atoms with van der Waals surface area (Å²) in [6.07, 6.45) is 1.61. The predicted molar refractivity (Wildman–Crippen MR) is 79.8 cm³/mol. The Labute approximate surface area is 125 Å². The van der Waals surface area contributed by atoms with Crippen molar-refractivity contribution < 1.29 is 14.2 Å². The molecule has 0 bridgehead atoms. The molecular formula is C15H24FN3O2. The summed E-state index contributed by atoms with van der Waals surface area (Å²) >= 11 is 0. The lowest BCUT2D eigenvalue weighted by atomic mass is 10.1. The minimum absolute atomic E-state index is 0.0778. The lowest BCUT2D eigenvalue weighted by Crippen LogP contribution is -2.48. The molecule has 0 amide bonds. The summed E-state index contributed by atoms with van der Waals surface area (Å²) in [5.41, 5.74) is 0.501. The van der Waals surface area contributed by atoms with Crippen LogP contribution in [0.3, 0.4) is 0 Å². The van der Waals surface area contributed by atoms with Crippen molar-refractivity contribution in [2.24, 2.45) is 0 Å². The van der Waals surface area contributed by atoms with E-state index in [0.717, 1.165) is 0 Å². The van der Waals surface area contributed by atoms with Crippen LogP contribution < -0.4 is 10.2 Å². The van der Waals surface area contributed by atoms with Crippen molar-refractivity contribution in [3.63, 3.8) is 0 Å². The van der Waals surface area contributed by atoms with E-state index in [1.807, 2.05) is 20.8 Å². The van der Waals surface area contributed by atoms with Gasteiger partial charge in [0.2, 0.25) is 0 Å². The monoisotopic (exact) mass is 297 g/mol. The van der Waals surface area contributed by atoms with Gasteiger partial charge >= 0.3 is 0 Å². The van der Waals surface area contributed by atoms with Gasteiger partial charge in [0.25, 0.3) is 0 Å². The third-order valence-corrected chi connectivity index (χ3v) is 3.47. The van der Waals surface area contributed by atoms with E-state index in [1.165, 1.54) is 0 Å². The maximum absolute atomic E-state index is 14.7. The molecule has 2 N–H and O–H groups in total. The van der Waals surface area contributed by atoms with Crippen molar-refractivity contribution in [1.82, 2.24) is 10.3 Å². The van der Waals surface area contributed by atoms with Crippen molar-refractivity contribution >= 4 is 5.82 Å². The zero-order valence-electron chi connectivity index (χ0n) is 12.9. The number of anilines is 1. The SMILES string of the molecule is CC(C)(C)NCc1ccnc(N2CCOCC2CO)c1F. The molecule has 1 aliphatic rings. The lowest BCUT2D eigenvalue weighted by Gasteiger charge is -2.35. The van der Waals surface area contributed by atoms with Gasteiger partial charge < -0.3 is 20.1 Å². The number of ether oxygens (including phenoxy) is 1. The van der Waals surface area contributed by atoms with Gasteiger partial charge in [-0.2, -0.15) is 0 Å². The summed E-state index contributed by atoms with van der Waals surface area (Å²) in [6, 6.07) is 1.44. The first kappa shape index (κ1) is 16.1. The van der Waals surface area contributed by atoms with E-state index < -0.39 is 0 Å². The number of halogens is 1. The Kier molecular flexibility index (Phi) is 5.13. The smallest absolute Gasteiger partial charge is 0.170 e. The molecule has 2 rings (SSSR count). The van der Waals surface area contributed by atoms with E-state index in [0.29, 0.717) is 37.7 Å². The Balaban J connectivity index is 2.20. The largest absolute Gasteiger partial charge is 0.394 e. The number of aliphatic hydroxyl groups is 1. The van der Waals surface area contributed by atoms with Gasteiger partial charge in [0.05, 0.1) is 25.9 Å². The highest BCUT2D eigenvalue weighted by Crippen LogP contribution is 2.23. The molecule has 1 atom stereocenters. The molecule has 5 nitrogen and oxygen atoms in total. The number of morpholine rings is 1. The summed E-state index contributed by atoms with van der Waals surface area (Å²) in [7, 11) is 0. The zero-order chi connectivity index (χ0) is 15.5. The van der Waals surface area contributed by atoms with Crippen LogP contribution in [0, 0.1) is 5.82 Å². The van der Waals surface area contributed by atoms with E-state index >= 15 is 0 Å². The molecule has 1 aromatic heterocycles. The van der Waals surface area contributed by atoms with Crippen molar-refractivity contribution in [1.29, 1.82) is 0 Å². The van der Waals surface area contributed by atoms with Crippen LogP contribution in [-0.4, -0.2) is 48.0 Å². The van der Waals surface area contributed by atoms with Gasteiger partial charge in [0.15, 0.2) is 11.6 Å². The van der Waals surface area contributed by atoms with Crippen molar-refractivity contribution in [2.45, 2.75) is 38.9 Å². The summed E-state index contributed by atoms with van der Waals surface area (Å²) in [4.78, 5) is 5.95. The highest BCUT2D eigenvalue weighted by Gasteiger charge is 2.26. The van der Waals surface area contributed by atoms with Crippen LogP contribution in [0.4, 0.5) is 10.2 Å². The summed E-state index contributed by atoms with van der Waals surface area (Å²) in [5.74, 6) is -0.0276. The molecule has 1 fully saturated rings. The molecule has 0 radical (unpaired) electrons. The van der Waals surface area contributed by atoms with Crippen LogP contribution in [0.5, 0.6) is 0 Å². The van der Waals surface area contributed by atoms with Crippen LogP contribution in [0.25, 0.3) is 0 Å². The fourth-order valence-corrected chi connectivity index (χ4v) is 2.25. The number of aliphatic hydroxyl groups excluding tert-OH is 1. The second kappa shape index (κ2) is 6.68. The number of pyridine rings is 1. The van der Waals surface area contributed by atoms with Crippen LogP contribution >= 0.6 is 0 Å². The normalized spacial score (nSPS) is 19.9. The molecule has 1 aromatic rings. The van der Waals surface area contributed by atoms with Gasteiger partial charge in [-0.3, -0.25) is 0 Å². The number of nitrogens with zero attached hydrogens (tertiary/aromatic N) is 2. The van der Waals surface area contributed by atoms with E-state index in [4.69, 9.17) is 4.74 Å². The van der Waals surface area contributed by atoms with Gasteiger partial charge in [-0.25, -0.2) is 9.37 Å². The molecule has 1 unspecified atom stereocenters. The van der Waals surface area contributed by atoms with Gasteiger partial charge in [-0.1, -0.05) is 0 Å². The highest BCUT2D eigenvalue weighted by atomic mass is 19.1. The van der Waals surface area contributed by atoms with E-state index in [1.54, 1.807) is 17.2 Å². The zero-order valence-corrected chi connectivity index (χ0v) is 12.9. The Bertz CT molecular complexity index is 476. The maximum Gasteiger partial charge on any atom is 0.170 e. The van der Waals surface area contributed by atoms with Crippen LogP contribution in [-0.2, 0) is 11.3 Å². The first-order chi connectivity index (χ1) is 9.92. The van der Waals surface area contributed by atoms with Crippen LogP contribution in [0.15, 0.2) is 12.3 Å². The highest BCUT2D eigenvalue weighted by molar-refractivity contribution is 5.44. The first-order valence-electron chi connectivity index (χ1n) is 7.26. The fourth-order valence-electron chi connectivity index (χ4n) is 2.25. The molecule has 118 valence electrons. The Morgan fingerprint density at radius 3 is 2.95 bits per heavy atom. The quantitative estimate of drug-likeness (QED) is 0.877. The van der Waals surface area contributed by atoms with Crippen molar-refractivity contribution in [2.75, 3.05) is 31.3 Å². The topological polar surface area (TPSA) is 57.6 Å². The first-order valence-corrected chi connectivity index (χ1v) is 7.26. The maximum atomic E-state index is 14.7. The van der Waals surface area contributed by atoms with Gasteiger partial charge in [0.1, 0.15) is 0 Å². The number of hydrogen-bond donors (Lipinski definition) is 2. The Morgan fingerprint density at radius 2 is 2.29 bits per heavy atom. The molecule has 0 aliphatic carbocycles.